The number of nitrogens with zero attached hydrogens (tertiary/aromatic N) is 2. The van der Waals surface area contributed by atoms with E-state index in [4.69, 9.17) is 0 Å². The van der Waals surface area contributed by atoms with Gasteiger partial charge in [0.05, 0.1) is 5.56 Å². The zero-order valence-corrected chi connectivity index (χ0v) is 11.8. The first-order valence-corrected chi connectivity index (χ1v) is 6.21. The van der Waals surface area contributed by atoms with Crippen LogP contribution >= 0.6 is 0 Å². The van der Waals surface area contributed by atoms with E-state index in [1.54, 1.807) is 0 Å². The third-order valence-electron chi connectivity index (χ3n) is 3.00. The standard InChI is InChI=1S/C14H12F2N2O4/c1-8(19)22-7-18-6-10(13(20)17(2)14(18)21)9-4-3-5-11(15)12(9)16/h3-6H,7H2,1-2H3. The van der Waals surface area contributed by atoms with Crippen molar-refractivity contribution in [3.8, 4) is 11.1 Å². The summed E-state index contributed by atoms with van der Waals surface area (Å²) in [5.74, 6) is -2.94. The molecule has 0 N–H and O–H groups in total. The van der Waals surface area contributed by atoms with Gasteiger partial charge in [0.2, 0.25) is 0 Å². The van der Waals surface area contributed by atoms with Gasteiger partial charge < -0.3 is 4.74 Å². The highest BCUT2D eigenvalue weighted by Gasteiger charge is 2.16. The fraction of sp³-hybridized carbons (Fsp3) is 0.214. The van der Waals surface area contributed by atoms with E-state index < -0.39 is 35.6 Å². The van der Waals surface area contributed by atoms with Crippen molar-refractivity contribution >= 4 is 5.97 Å². The topological polar surface area (TPSA) is 70.3 Å². The average Bonchev–Trinajstić information content (AvgIpc) is 2.47. The van der Waals surface area contributed by atoms with Crippen LogP contribution in [0.1, 0.15) is 6.92 Å². The summed E-state index contributed by atoms with van der Waals surface area (Å²) in [4.78, 5) is 34.8. The molecule has 8 heteroatoms. The third kappa shape index (κ3) is 2.80. The molecule has 0 fully saturated rings. The third-order valence-corrected chi connectivity index (χ3v) is 3.00. The van der Waals surface area contributed by atoms with Crippen molar-refractivity contribution in [1.82, 2.24) is 9.13 Å². The first-order valence-electron chi connectivity index (χ1n) is 6.21. The van der Waals surface area contributed by atoms with Crippen molar-refractivity contribution in [3.05, 3.63) is 56.9 Å². The number of carbonyl (C=O) groups is 1. The molecule has 0 aliphatic carbocycles. The number of aromatic nitrogens is 2. The summed E-state index contributed by atoms with van der Waals surface area (Å²) >= 11 is 0. The molecule has 1 aromatic carbocycles. The van der Waals surface area contributed by atoms with Gasteiger partial charge in [-0.1, -0.05) is 12.1 Å². The van der Waals surface area contributed by atoms with Crippen LogP contribution in [0.15, 0.2) is 34.0 Å². The van der Waals surface area contributed by atoms with Crippen LogP contribution in [-0.4, -0.2) is 15.1 Å². The summed E-state index contributed by atoms with van der Waals surface area (Å²) in [6, 6.07) is 3.38. The van der Waals surface area contributed by atoms with E-state index in [9.17, 15) is 23.2 Å². The first kappa shape index (κ1) is 15.6. The van der Waals surface area contributed by atoms with Crippen molar-refractivity contribution in [1.29, 1.82) is 0 Å². The van der Waals surface area contributed by atoms with E-state index in [1.165, 1.54) is 19.2 Å². The first-order chi connectivity index (χ1) is 10.3. The zero-order chi connectivity index (χ0) is 16.4. The fourth-order valence-electron chi connectivity index (χ4n) is 1.88. The Morgan fingerprint density at radius 2 is 1.91 bits per heavy atom. The van der Waals surface area contributed by atoms with Gasteiger partial charge in [-0.3, -0.25) is 18.7 Å². The van der Waals surface area contributed by atoms with E-state index in [0.717, 1.165) is 28.3 Å². The summed E-state index contributed by atoms with van der Waals surface area (Å²) in [5, 5.41) is 0. The molecule has 0 saturated carbocycles. The van der Waals surface area contributed by atoms with Crippen LogP contribution in [0.25, 0.3) is 11.1 Å². The van der Waals surface area contributed by atoms with Crippen LogP contribution in [0.5, 0.6) is 0 Å². The molecule has 0 spiro atoms. The number of halogens is 2. The molecule has 0 amide bonds. The zero-order valence-electron chi connectivity index (χ0n) is 11.8. The Labute approximate surface area is 123 Å². The molecule has 0 aliphatic rings. The van der Waals surface area contributed by atoms with E-state index >= 15 is 0 Å². The Balaban J connectivity index is 2.66. The van der Waals surface area contributed by atoms with Crippen LogP contribution in [0.4, 0.5) is 8.78 Å². The van der Waals surface area contributed by atoms with E-state index in [-0.39, 0.29) is 11.1 Å². The molecule has 1 aromatic heterocycles. The molecule has 0 unspecified atom stereocenters. The average molecular weight is 310 g/mol. The SMILES string of the molecule is CC(=O)OCn1cc(-c2cccc(F)c2F)c(=O)n(C)c1=O. The van der Waals surface area contributed by atoms with Crippen LogP contribution in [0.3, 0.4) is 0 Å². The van der Waals surface area contributed by atoms with Crippen LogP contribution in [0.2, 0.25) is 0 Å². The van der Waals surface area contributed by atoms with Crippen LogP contribution in [-0.2, 0) is 23.3 Å². The maximum absolute atomic E-state index is 13.8. The number of benzene rings is 1. The molecule has 6 nitrogen and oxygen atoms in total. The van der Waals surface area contributed by atoms with Gasteiger partial charge in [-0.05, 0) is 6.07 Å². The fourth-order valence-corrected chi connectivity index (χ4v) is 1.88. The quantitative estimate of drug-likeness (QED) is 0.794. The van der Waals surface area contributed by atoms with Crippen molar-refractivity contribution in [3.63, 3.8) is 0 Å². The highest BCUT2D eigenvalue weighted by molar-refractivity contribution is 5.65. The predicted octanol–water partition coefficient (Wildman–Crippen LogP) is 1.01. The van der Waals surface area contributed by atoms with Crippen molar-refractivity contribution < 1.29 is 18.3 Å². The maximum atomic E-state index is 13.8. The van der Waals surface area contributed by atoms with Gasteiger partial charge in [0.25, 0.3) is 5.56 Å². The summed E-state index contributed by atoms with van der Waals surface area (Å²) in [7, 11) is 1.19. The lowest BCUT2D eigenvalue weighted by Gasteiger charge is -2.11. The molecule has 0 saturated heterocycles. The lowest BCUT2D eigenvalue weighted by atomic mass is 10.1. The minimum Gasteiger partial charge on any atom is -0.444 e. The van der Waals surface area contributed by atoms with E-state index in [0.29, 0.717) is 0 Å². The molecule has 0 aliphatic heterocycles. The van der Waals surface area contributed by atoms with E-state index in [1.807, 2.05) is 0 Å². The molecule has 2 aromatic rings. The largest absolute Gasteiger partial charge is 0.444 e. The molecule has 0 atom stereocenters. The minimum atomic E-state index is -1.20. The molecule has 22 heavy (non-hydrogen) atoms. The minimum absolute atomic E-state index is 0.216. The summed E-state index contributed by atoms with van der Waals surface area (Å²) in [6.07, 6.45) is 1.03. The molecule has 116 valence electrons. The molecule has 0 radical (unpaired) electrons. The van der Waals surface area contributed by atoms with Crippen molar-refractivity contribution in [2.24, 2.45) is 7.05 Å². The molecule has 1 heterocycles. The van der Waals surface area contributed by atoms with Gasteiger partial charge >= 0.3 is 11.7 Å². The van der Waals surface area contributed by atoms with Crippen LogP contribution in [0, 0.1) is 11.6 Å². The van der Waals surface area contributed by atoms with Gasteiger partial charge in [-0.15, -0.1) is 0 Å². The van der Waals surface area contributed by atoms with Crippen molar-refractivity contribution in [2.75, 3.05) is 0 Å². The number of rotatable bonds is 3. The monoisotopic (exact) mass is 310 g/mol. The predicted molar refractivity (Wildman–Crippen MR) is 73.1 cm³/mol. The number of hydrogen-bond donors (Lipinski definition) is 0. The van der Waals surface area contributed by atoms with Crippen LogP contribution < -0.4 is 11.2 Å². The molecule has 2 rings (SSSR count). The highest BCUT2D eigenvalue weighted by Crippen LogP contribution is 2.20. The Hall–Kier alpha value is -2.77. The second kappa shape index (κ2) is 5.92. The Kier molecular flexibility index (Phi) is 4.20. The highest BCUT2D eigenvalue weighted by atomic mass is 19.2. The Morgan fingerprint density at radius 3 is 2.55 bits per heavy atom. The second-order valence-electron chi connectivity index (χ2n) is 4.53. The summed E-state index contributed by atoms with van der Waals surface area (Å²) in [5.41, 5.74) is -2.02. The van der Waals surface area contributed by atoms with Gasteiger partial charge in [0, 0.05) is 25.7 Å². The number of ether oxygens (including phenoxy) is 1. The Bertz CT molecular complexity index is 855. The lowest BCUT2D eigenvalue weighted by Crippen LogP contribution is -2.39. The normalized spacial score (nSPS) is 10.5. The number of esters is 1. The molecular weight excluding hydrogens is 298 g/mol. The van der Waals surface area contributed by atoms with E-state index in [2.05, 4.69) is 4.74 Å². The van der Waals surface area contributed by atoms with Gasteiger partial charge in [-0.2, -0.15) is 0 Å². The molecular formula is C14H12F2N2O4. The van der Waals surface area contributed by atoms with Gasteiger partial charge in [-0.25, -0.2) is 13.6 Å². The van der Waals surface area contributed by atoms with Gasteiger partial charge in [0.1, 0.15) is 0 Å². The maximum Gasteiger partial charge on any atom is 0.333 e. The van der Waals surface area contributed by atoms with Gasteiger partial charge in [0.15, 0.2) is 18.4 Å². The second-order valence-corrected chi connectivity index (χ2v) is 4.53. The number of carbonyl (C=O) groups excluding carboxylic acids is 1. The van der Waals surface area contributed by atoms with Crippen molar-refractivity contribution in [2.45, 2.75) is 13.7 Å². The lowest BCUT2D eigenvalue weighted by molar-refractivity contribution is -0.144. The Morgan fingerprint density at radius 1 is 1.23 bits per heavy atom. The molecule has 0 bridgehead atoms. The summed E-state index contributed by atoms with van der Waals surface area (Å²) < 4.78 is 33.5. The number of hydrogen-bond acceptors (Lipinski definition) is 4. The summed E-state index contributed by atoms with van der Waals surface area (Å²) in [6.45, 7) is 0.715. The smallest absolute Gasteiger partial charge is 0.333 e.